The highest BCUT2D eigenvalue weighted by molar-refractivity contribution is 7.84. The molecule has 18 nitrogen and oxygen atoms in total. The van der Waals surface area contributed by atoms with Crippen molar-refractivity contribution < 1.29 is 80.1 Å². The molecule has 7 rings (SSSR count). The van der Waals surface area contributed by atoms with Gasteiger partial charge in [0, 0.05) is 58.3 Å². The van der Waals surface area contributed by atoms with Gasteiger partial charge in [-0.3, -0.25) is 4.79 Å². The molecule has 0 saturated carbocycles. The van der Waals surface area contributed by atoms with E-state index in [2.05, 4.69) is 37.6 Å². The molecule has 6 heterocycles. The number of allylic oxidation sites excluding steroid dienone is 2. The zero-order valence-electron chi connectivity index (χ0n) is 41.8. The first kappa shape index (κ1) is 54.3. The van der Waals surface area contributed by atoms with Crippen LogP contribution in [-0.4, -0.2) is 161 Å². The van der Waals surface area contributed by atoms with E-state index >= 15 is 0 Å². The van der Waals surface area contributed by atoms with Gasteiger partial charge in [-0.25, -0.2) is 4.18 Å². The van der Waals surface area contributed by atoms with E-state index in [4.69, 9.17) is 56.7 Å². The van der Waals surface area contributed by atoms with Crippen LogP contribution < -0.4 is 4.72 Å². The minimum absolute atomic E-state index is 0.00251. The average molecular weight is 996 g/mol. The van der Waals surface area contributed by atoms with Gasteiger partial charge in [-0.2, -0.15) is 13.1 Å². The number of methoxy groups -OCH3 is 2. The molecule has 4 saturated heterocycles. The van der Waals surface area contributed by atoms with Crippen LogP contribution in [0.25, 0.3) is 0 Å². The van der Waals surface area contributed by atoms with Gasteiger partial charge in [-0.15, -0.1) is 0 Å². The van der Waals surface area contributed by atoms with Gasteiger partial charge >= 0.3 is 16.3 Å². The highest BCUT2D eigenvalue weighted by atomic mass is 32.2. The fourth-order valence-electron chi connectivity index (χ4n) is 11.0. The van der Waals surface area contributed by atoms with E-state index in [9.17, 15) is 23.4 Å². The lowest BCUT2D eigenvalue weighted by molar-refractivity contribution is -0.317. The Morgan fingerprint density at radius 1 is 0.913 bits per heavy atom. The van der Waals surface area contributed by atoms with E-state index in [1.54, 1.807) is 33.1 Å². The Bertz CT molecular complexity index is 2040. The SMILES string of the molecule is CCC(C)[C@H]1O[C@]2(C=C[C@@H]1C)C[C@@H]1C[C@@H](C/C=C(\C)[C@@H](O[C@H]3C[C@H](OC)[C@@H](O[C@H]4C[C@H](OC)[C@@H](OS(=O)(=O)NCCO)[C@H](C)O4)[C@H](C)O3)[C@@H](C)/C=C/C=C3\CO[C@@H]4[C@H](O)C(C)=C[C@@H](C(=O)O1)[C@]34O)O2. The van der Waals surface area contributed by atoms with E-state index in [-0.39, 0.29) is 56.5 Å². The van der Waals surface area contributed by atoms with Crippen molar-refractivity contribution in [2.24, 2.45) is 23.7 Å². The third-order valence-corrected chi connectivity index (χ3v) is 16.1. The summed E-state index contributed by atoms with van der Waals surface area (Å²) >= 11 is 0. The number of nitrogens with one attached hydrogen (secondary N) is 1. The van der Waals surface area contributed by atoms with Crippen molar-refractivity contribution in [2.75, 3.05) is 34.0 Å². The molecule has 0 aromatic carbocycles. The third kappa shape index (κ3) is 12.0. The summed E-state index contributed by atoms with van der Waals surface area (Å²) in [4.78, 5) is 14.4. The van der Waals surface area contributed by atoms with Gasteiger partial charge < -0.3 is 62.7 Å². The maximum atomic E-state index is 14.4. The van der Waals surface area contributed by atoms with Crippen LogP contribution in [0, 0.1) is 23.7 Å². The second kappa shape index (κ2) is 22.8. The summed E-state index contributed by atoms with van der Waals surface area (Å²) in [5.41, 5.74) is 0.00628. The van der Waals surface area contributed by atoms with E-state index in [0.717, 1.165) is 12.0 Å². The molecule has 20 atom stereocenters. The van der Waals surface area contributed by atoms with Crippen LogP contribution in [0.3, 0.4) is 0 Å². The molecule has 4 fully saturated rings. The third-order valence-electron chi connectivity index (χ3n) is 15.1. The molecular weight excluding hydrogens is 919 g/mol. The van der Waals surface area contributed by atoms with E-state index in [0.29, 0.717) is 30.4 Å². The van der Waals surface area contributed by atoms with Crippen LogP contribution >= 0.6 is 0 Å². The molecule has 1 unspecified atom stereocenters. The van der Waals surface area contributed by atoms with Crippen molar-refractivity contribution in [1.29, 1.82) is 0 Å². The first-order valence-electron chi connectivity index (χ1n) is 24.7. The summed E-state index contributed by atoms with van der Waals surface area (Å²) in [7, 11) is -1.13. The predicted octanol–water partition coefficient (Wildman–Crippen LogP) is 4.23. The van der Waals surface area contributed by atoms with Crippen molar-refractivity contribution in [3.05, 3.63) is 59.3 Å². The number of aliphatic hydroxyl groups excluding tert-OH is 2. The molecule has 7 aliphatic rings. The number of esters is 1. The Morgan fingerprint density at radius 2 is 1.59 bits per heavy atom. The van der Waals surface area contributed by atoms with Crippen LogP contribution in [0.2, 0.25) is 0 Å². The van der Waals surface area contributed by atoms with E-state index in [1.165, 1.54) is 7.11 Å². The van der Waals surface area contributed by atoms with Gasteiger partial charge in [0.05, 0.1) is 55.9 Å². The molecule has 0 amide bonds. The molecule has 2 bridgehead atoms. The molecule has 4 N–H and O–H groups in total. The molecule has 1 spiro atoms. The Balaban J connectivity index is 1.13. The Kier molecular flexibility index (Phi) is 17.9. The van der Waals surface area contributed by atoms with Crippen LogP contribution in [0.15, 0.2) is 59.3 Å². The molecule has 390 valence electrons. The smallest absolute Gasteiger partial charge is 0.336 e. The van der Waals surface area contributed by atoms with Gasteiger partial charge in [-0.05, 0) is 62.8 Å². The van der Waals surface area contributed by atoms with Crippen molar-refractivity contribution >= 4 is 16.3 Å². The zero-order chi connectivity index (χ0) is 50.0. The zero-order valence-corrected chi connectivity index (χ0v) is 42.6. The fourth-order valence-corrected chi connectivity index (χ4v) is 12.0. The Hall–Kier alpha value is -2.44. The van der Waals surface area contributed by atoms with Crippen molar-refractivity contribution in [2.45, 2.75) is 191 Å². The number of carbonyl (C=O) groups is 1. The summed E-state index contributed by atoms with van der Waals surface area (Å²) < 4.78 is 96.7. The minimum atomic E-state index is -4.19. The molecule has 6 aliphatic heterocycles. The standard InChI is InChI=1S/C50H77NO17S/c1-11-27(2)44-30(5)17-18-49(67-44)25-36-22-35(66-49)16-15-29(4)43(28(3)13-12-14-34-26-60-47-42(53)31(6)21-37(48(54)63-36)50(34,47)55)64-40-23-38(58-9)45(32(7)61-40)65-41-24-39(59-10)46(33(8)62-41)68-69(56,57)51-19-20-52/h12-15,17-18,21,27-28,30,32-33,35-47,51-53,55H,11,16,19-20,22-26H2,1-10H3/b13-12+,29-15+,34-14+/t27?,28-,30-,32-,33-,35+,36-,37-,38-,39-,40-,41-,42+,43-,44+,45-,46-,47+,49+,50+/m0/s1. The van der Waals surface area contributed by atoms with Crippen molar-refractivity contribution in [3.63, 3.8) is 0 Å². The van der Waals surface area contributed by atoms with E-state index in [1.807, 2.05) is 39.0 Å². The number of rotatable bonds is 13. The first-order valence-corrected chi connectivity index (χ1v) is 26.1. The predicted molar refractivity (Wildman–Crippen MR) is 250 cm³/mol. The Labute approximate surface area is 407 Å². The summed E-state index contributed by atoms with van der Waals surface area (Å²) in [5, 5.41) is 32.9. The number of aliphatic hydroxyl groups is 3. The first-order chi connectivity index (χ1) is 32.7. The lowest BCUT2D eigenvalue weighted by atomic mass is 9.71. The number of ether oxygens (including phenoxy) is 10. The fraction of sp³-hybridized carbons (Fsp3) is 0.780. The van der Waals surface area contributed by atoms with Gasteiger partial charge in [0.25, 0.3) is 0 Å². The molecule has 1 aliphatic carbocycles. The largest absolute Gasteiger partial charge is 0.462 e. The summed E-state index contributed by atoms with van der Waals surface area (Å²) in [6.07, 6.45) is 6.35. The topological polar surface area (TPSA) is 225 Å². The van der Waals surface area contributed by atoms with Crippen molar-refractivity contribution in [3.8, 4) is 0 Å². The molecule has 0 aromatic rings. The van der Waals surface area contributed by atoms with Gasteiger partial charge in [0.2, 0.25) is 0 Å². The maximum absolute atomic E-state index is 14.4. The monoisotopic (exact) mass is 995 g/mol. The second-order valence-corrected chi connectivity index (χ2v) is 21.5. The van der Waals surface area contributed by atoms with Gasteiger partial charge in [-0.1, -0.05) is 70.6 Å². The average Bonchev–Trinajstić information content (AvgIpc) is 3.65. The van der Waals surface area contributed by atoms with Gasteiger partial charge in [0.15, 0.2) is 18.4 Å². The molecule has 69 heavy (non-hydrogen) atoms. The highest BCUT2D eigenvalue weighted by Crippen LogP contribution is 2.47. The van der Waals surface area contributed by atoms with Crippen LogP contribution in [0.4, 0.5) is 0 Å². The highest BCUT2D eigenvalue weighted by Gasteiger charge is 2.60. The normalized spacial score (nSPS) is 45.6. The van der Waals surface area contributed by atoms with Gasteiger partial charge in [0.1, 0.15) is 42.0 Å². The molecule has 0 aromatic heterocycles. The van der Waals surface area contributed by atoms with Crippen LogP contribution in [-0.2, 0) is 66.7 Å². The minimum Gasteiger partial charge on any atom is -0.462 e. The number of fused-ring (bicyclic) bond motifs is 2. The number of hydrogen-bond donors (Lipinski definition) is 4. The van der Waals surface area contributed by atoms with E-state index < -0.39 is 113 Å². The molecular formula is C50H77NO17S. The molecule has 0 radical (unpaired) electrons. The number of hydrogen-bond acceptors (Lipinski definition) is 17. The lowest BCUT2D eigenvalue weighted by Crippen LogP contribution is -2.58. The maximum Gasteiger partial charge on any atom is 0.336 e. The second-order valence-electron chi connectivity index (χ2n) is 20.1. The Morgan fingerprint density at radius 3 is 2.28 bits per heavy atom. The van der Waals surface area contributed by atoms with Crippen molar-refractivity contribution in [1.82, 2.24) is 4.72 Å². The quantitative estimate of drug-likeness (QED) is 0.150. The number of carbonyl (C=O) groups excluding carboxylic acids is 1. The molecule has 19 heteroatoms. The lowest BCUT2D eigenvalue weighted by Gasteiger charge is -2.48. The summed E-state index contributed by atoms with van der Waals surface area (Å²) in [6, 6.07) is 0. The summed E-state index contributed by atoms with van der Waals surface area (Å²) in [5.74, 6) is -2.75. The van der Waals surface area contributed by atoms with Crippen LogP contribution in [0.5, 0.6) is 0 Å². The summed E-state index contributed by atoms with van der Waals surface area (Å²) in [6.45, 7) is 15.2. The van der Waals surface area contributed by atoms with Crippen LogP contribution in [0.1, 0.15) is 93.9 Å².